The van der Waals surface area contributed by atoms with E-state index in [1.165, 1.54) is 89.9 Å². The summed E-state index contributed by atoms with van der Waals surface area (Å²) in [5, 5.41) is 22.6. The Morgan fingerprint density at radius 1 is 0.742 bits per heavy atom. The molecule has 0 saturated carbocycles. The van der Waals surface area contributed by atoms with E-state index in [1.807, 2.05) is 6.08 Å². The van der Waals surface area contributed by atoms with Crippen LogP contribution in [0.2, 0.25) is 0 Å². The number of unbranched alkanes of at least 4 members (excludes halogenated alkanes) is 16. The molecule has 31 heavy (non-hydrogen) atoms. The molecule has 0 rings (SSSR count). The molecule has 0 aromatic heterocycles. The fourth-order valence-corrected chi connectivity index (χ4v) is 3.88. The zero-order chi connectivity index (χ0) is 23.0. The topological polar surface area (TPSA) is 69.6 Å². The van der Waals surface area contributed by atoms with Crippen LogP contribution in [0.5, 0.6) is 0 Å². The van der Waals surface area contributed by atoms with E-state index in [2.05, 4.69) is 19.2 Å². The molecule has 0 radical (unpaired) electrons. The monoisotopic (exact) mass is 439 g/mol. The van der Waals surface area contributed by atoms with Gasteiger partial charge in [0, 0.05) is 6.42 Å². The van der Waals surface area contributed by atoms with Crippen LogP contribution in [0.1, 0.15) is 136 Å². The first-order chi connectivity index (χ1) is 15.2. The highest BCUT2D eigenvalue weighted by Crippen LogP contribution is 2.12. The van der Waals surface area contributed by atoms with Gasteiger partial charge in [-0.15, -0.1) is 0 Å². The average molecular weight is 440 g/mol. The van der Waals surface area contributed by atoms with Crippen LogP contribution < -0.4 is 5.32 Å². The summed E-state index contributed by atoms with van der Waals surface area (Å²) in [5.74, 6) is -0.0728. The second kappa shape index (κ2) is 23.8. The van der Waals surface area contributed by atoms with E-state index in [1.54, 1.807) is 6.08 Å². The molecule has 0 heterocycles. The fourth-order valence-electron chi connectivity index (χ4n) is 3.88. The first-order valence-electron chi connectivity index (χ1n) is 13.4. The average Bonchev–Trinajstić information content (AvgIpc) is 2.77. The van der Waals surface area contributed by atoms with E-state index in [9.17, 15) is 15.0 Å². The Hall–Kier alpha value is -0.870. The predicted molar refractivity (Wildman–Crippen MR) is 133 cm³/mol. The Morgan fingerprint density at radius 2 is 1.19 bits per heavy atom. The molecule has 0 aliphatic heterocycles. The van der Waals surface area contributed by atoms with E-state index in [0.29, 0.717) is 6.42 Å². The van der Waals surface area contributed by atoms with Crippen LogP contribution in [-0.2, 0) is 4.79 Å². The van der Waals surface area contributed by atoms with E-state index >= 15 is 0 Å². The van der Waals surface area contributed by atoms with Gasteiger partial charge in [0.15, 0.2) is 0 Å². The predicted octanol–water partition coefficient (Wildman–Crippen LogP) is 6.83. The van der Waals surface area contributed by atoms with Crippen molar-refractivity contribution in [2.75, 3.05) is 6.61 Å². The molecule has 0 bridgehead atoms. The molecule has 0 saturated heterocycles. The molecule has 0 aromatic rings. The third-order valence-corrected chi connectivity index (χ3v) is 6.02. The normalized spacial score (nSPS) is 13.5. The summed E-state index contributed by atoms with van der Waals surface area (Å²) in [6, 6.07) is -0.610. The van der Waals surface area contributed by atoms with Gasteiger partial charge in [-0.2, -0.15) is 0 Å². The molecular weight excluding hydrogens is 386 g/mol. The van der Waals surface area contributed by atoms with Gasteiger partial charge in [-0.05, 0) is 19.3 Å². The summed E-state index contributed by atoms with van der Waals surface area (Å²) >= 11 is 0. The summed E-state index contributed by atoms with van der Waals surface area (Å²) in [6.45, 7) is 4.23. The van der Waals surface area contributed by atoms with Gasteiger partial charge in [-0.3, -0.25) is 4.79 Å². The SMILES string of the molecule is CCCCCCCCCCC/C=C/C(O)C(CO)NC(=O)CCCCCCCCCC. The van der Waals surface area contributed by atoms with Crippen LogP contribution in [0.4, 0.5) is 0 Å². The van der Waals surface area contributed by atoms with Crippen molar-refractivity contribution in [2.24, 2.45) is 0 Å². The van der Waals surface area contributed by atoms with Crippen molar-refractivity contribution in [1.29, 1.82) is 0 Å². The summed E-state index contributed by atoms with van der Waals surface area (Å²) in [5.41, 5.74) is 0. The van der Waals surface area contributed by atoms with Crippen LogP contribution in [0.25, 0.3) is 0 Å². The highest BCUT2D eigenvalue weighted by Gasteiger charge is 2.17. The molecular formula is C27H53NO3. The van der Waals surface area contributed by atoms with E-state index in [0.717, 1.165) is 25.7 Å². The summed E-state index contributed by atoms with van der Waals surface area (Å²) in [4.78, 5) is 12.1. The number of carbonyl (C=O) groups is 1. The highest BCUT2D eigenvalue weighted by molar-refractivity contribution is 5.76. The first-order valence-corrected chi connectivity index (χ1v) is 13.4. The number of aliphatic hydroxyl groups is 2. The third kappa shape index (κ3) is 20.8. The summed E-state index contributed by atoms with van der Waals surface area (Å²) < 4.78 is 0. The molecule has 4 nitrogen and oxygen atoms in total. The van der Waals surface area contributed by atoms with E-state index in [-0.39, 0.29) is 12.5 Å². The maximum atomic E-state index is 12.1. The largest absolute Gasteiger partial charge is 0.394 e. The van der Waals surface area contributed by atoms with E-state index < -0.39 is 12.1 Å². The smallest absolute Gasteiger partial charge is 0.220 e. The zero-order valence-corrected chi connectivity index (χ0v) is 20.8. The molecule has 0 aromatic carbocycles. The molecule has 2 atom stereocenters. The number of aliphatic hydroxyl groups excluding tert-OH is 2. The highest BCUT2D eigenvalue weighted by atomic mass is 16.3. The van der Waals surface area contributed by atoms with Crippen molar-refractivity contribution in [3.8, 4) is 0 Å². The van der Waals surface area contributed by atoms with Crippen LogP contribution in [0.15, 0.2) is 12.2 Å². The van der Waals surface area contributed by atoms with Crippen LogP contribution in [0.3, 0.4) is 0 Å². The van der Waals surface area contributed by atoms with Crippen molar-refractivity contribution in [1.82, 2.24) is 5.32 Å². The summed E-state index contributed by atoms with van der Waals surface area (Å²) in [7, 11) is 0. The minimum atomic E-state index is -0.828. The van der Waals surface area contributed by atoms with Gasteiger partial charge in [-0.1, -0.05) is 122 Å². The number of rotatable bonds is 23. The van der Waals surface area contributed by atoms with Gasteiger partial charge in [0.25, 0.3) is 0 Å². The van der Waals surface area contributed by atoms with Gasteiger partial charge in [-0.25, -0.2) is 0 Å². The lowest BCUT2D eigenvalue weighted by atomic mass is 10.1. The van der Waals surface area contributed by atoms with Crippen LogP contribution in [-0.4, -0.2) is 34.9 Å². The Morgan fingerprint density at radius 3 is 1.68 bits per heavy atom. The number of hydrogen-bond donors (Lipinski definition) is 3. The molecule has 0 aliphatic rings. The Balaban J connectivity index is 3.74. The Kier molecular flexibility index (Phi) is 23.1. The zero-order valence-electron chi connectivity index (χ0n) is 20.8. The van der Waals surface area contributed by atoms with Gasteiger partial charge < -0.3 is 15.5 Å². The second-order valence-corrected chi connectivity index (χ2v) is 9.12. The standard InChI is InChI=1S/C27H53NO3/c1-3-5-7-9-11-13-14-15-16-18-20-22-26(30)25(24-29)28-27(31)23-21-19-17-12-10-8-6-4-2/h20,22,25-26,29-30H,3-19,21,23-24H2,1-2H3,(H,28,31)/b22-20+. The maximum absolute atomic E-state index is 12.1. The van der Waals surface area contributed by atoms with Crippen molar-refractivity contribution in [3.05, 3.63) is 12.2 Å². The van der Waals surface area contributed by atoms with Gasteiger partial charge in [0.05, 0.1) is 18.8 Å². The molecule has 184 valence electrons. The molecule has 4 heteroatoms. The Labute approximate surface area is 193 Å². The van der Waals surface area contributed by atoms with Gasteiger partial charge >= 0.3 is 0 Å². The maximum Gasteiger partial charge on any atom is 0.220 e. The molecule has 2 unspecified atom stereocenters. The summed E-state index contributed by atoms with van der Waals surface area (Å²) in [6.07, 6.45) is 25.6. The molecule has 0 fully saturated rings. The van der Waals surface area contributed by atoms with Gasteiger partial charge in [0.2, 0.25) is 5.91 Å². The lowest BCUT2D eigenvalue weighted by Gasteiger charge is -2.20. The Bertz CT molecular complexity index is 411. The quantitative estimate of drug-likeness (QED) is 0.121. The number of nitrogens with one attached hydrogen (secondary N) is 1. The molecule has 3 N–H and O–H groups in total. The molecule has 0 aliphatic carbocycles. The minimum absolute atomic E-state index is 0.0728. The number of allylic oxidation sites excluding steroid dienone is 1. The number of carbonyl (C=O) groups excluding carboxylic acids is 1. The fraction of sp³-hybridized carbons (Fsp3) is 0.889. The third-order valence-electron chi connectivity index (χ3n) is 6.02. The molecule has 1 amide bonds. The molecule has 0 spiro atoms. The van der Waals surface area contributed by atoms with Crippen molar-refractivity contribution < 1.29 is 15.0 Å². The van der Waals surface area contributed by atoms with Crippen molar-refractivity contribution >= 4 is 5.91 Å². The van der Waals surface area contributed by atoms with Gasteiger partial charge in [0.1, 0.15) is 0 Å². The number of hydrogen-bond acceptors (Lipinski definition) is 3. The lowest BCUT2D eigenvalue weighted by molar-refractivity contribution is -0.123. The number of amides is 1. The first kappa shape index (κ1) is 30.1. The van der Waals surface area contributed by atoms with Crippen molar-refractivity contribution in [3.63, 3.8) is 0 Å². The van der Waals surface area contributed by atoms with E-state index in [4.69, 9.17) is 0 Å². The lowest BCUT2D eigenvalue weighted by Crippen LogP contribution is -2.45. The van der Waals surface area contributed by atoms with Crippen LogP contribution >= 0.6 is 0 Å². The second-order valence-electron chi connectivity index (χ2n) is 9.12. The van der Waals surface area contributed by atoms with Crippen LogP contribution in [0, 0.1) is 0 Å². The van der Waals surface area contributed by atoms with Crippen molar-refractivity contribution in [2.45, 2.75) is 148 Å². The minimum Gasteiger partial charge on any atom is -0.394 e.